The van der Waals surface area contributed by atoms with Gasteiger partial charge in [-0.3, -0.25) is 14.4 Å². The molecule has 2 N–H and O–H groups in total. The minimum Gasteiger partial charge on any atom is -0.493 e. The number of ether oxygens (including phenoxy) is 2. The third kappa shape index (κ3) is 7.91. The third-order valence-corrected chi connectivity index (χ3v) is 5.50. The molecule has 1 aliphatic heterocycles. The zero-order chi connectivity index (χ0) is 23.5. The molecule has 0 atom stereocenters. The number of hydrogen-bond acceptors (Lipinski definition) is 5. The fourth-order valence-corrected chi connectivity index (χ4v) is 3.74. The van der Waals surface area contributed by atoms with E-state index in [2.05, 4.69) is 10.6 Å². The van der Waals surface area contributed by atoms with Crippen molar-refractivity contribution in [2.24, 2.45) is 5.92 Å². The normalized spacial score (nSPS) is 13.9. The van der Waals surface area contributed by atoms with Gasteiger partial charge in [0.15, 0.2) is 0 Å². The Bertz CT molecular complexity index is 927. The molecule has 0 unspecified atom stereocenters. The van der Waals surface area contributed by atoms with E-state index in [1.807, 2.05) is 53.4 Å². The second kappa shape index (κ2) is 12.6. The highest BCUT2D eigenvalue weighted by atomic mass is 16.5. The summed E-state index contributed by atoms with van der Waals surface area (Å²) in [5.74, 6) is 0.454. The Morgan fingerprint density at radius 3 is 2.52 bits per heavy atom. The Hall–Kier alpha value is -3.39. The number of para-hydroxylation sites is 1. The van der Waals surface area contributed by atoms with Gasteiger partial charge in [-0.1, -0.05) is 30.3 Å². The molecule has 1 saturated heterocycles. The van der Waals surface area contributed by atoms with Gasteiger partial charge in [-0.05, 0) is 42.7 Å². The van der Waals surface area contributed by atoms with E-state index in [0.29, 0.717) is 51.2 Å². The zero-order valence-corrected chi connectivity index (χ0v) is 18.9. The van der Waals surface area contributed by atoms with Crippen molar-refractivity contribution in [3.8, 4) is 5.75 Å². The summed E-state index contributed by atoms with van der Waals surface area (Å²) in [5, 5.41) is 5.72. The van der Waals surface area contributed by atoms with Gasteiger partial charge in [0.05, 0.1) is 13.0 Å². The quantitative estimate of drug-likeness (QED) is 0.576. The van der Waals surface area contributed by atoms with Crippen LogP contribution < -0.4 is 15.4 Å². The second-order valence-corrected chi connectivity index (χ2v) is 7.97. The predicted octanol–water partition coefficient (Wildman–Crippen LogP) is 2.60. The van der Waals surface area contributed by atoms with Gasteiger partial charge in [-0.25, -0.2) is 0 Å². The first kappa shape index (κ1) is 24.3. The third-order valence-electron chi connectivity index (χ3n) is 5.50. The fraction of sp³-hybridized carbons (Fsp3) is 0.400. The first-order chi connectivity index (χ1) is 16.0. The van der Waals surface area contributed by atoms with E-state index < -0.39 is 0 Å². The summed E-state index contributed by atoms with van der Waals surface area (Å²) in [6.45, 7) is 1.85. The summed E-state index contributed by atoms with van der Waals surface area (Å²) in [5.41, 5.74) is 1.55. The SMILES string of the molecule is COCC(=O)Nc1cccc(CNC(=O)C2CCN(C(=O)CCOc3ccccc3)CC2)c1. The van der Waals surface area contributed by atoms with Crippen LogP contribution in [0.2, 0.25) is 0 Å². The highest BCUT2D eigenvalue weighted by Crippen LogP contribution is 2.19. The molecule has 0 bridgehead atoms. The van der Waals surface area contributed by atoms with Crippen molar-refractivity contribution in [2.75, 3.05) is 38.7 Å². The molecule has 3 amide bonds. The molecule has 8 nitrogen and oxygen atoms in total. The van der Waals surface area contributed by atoms with Crippen LogP contribution in [0, 0.1) is 5.92 Å². The van der Waals surface area contributed by atoms with Crippen LogP contribution in [0.25, 0.3) is 0 Å². The molecule has 1 heterocycles. The Morgan fingerprint density at radius 1 is 1.03 bits per heavy atom. The van der Waals surface area contributed by atoms with E-state index in [1.165, 1.54) is 7.11 Å². The maximum atomic E-state index is 12.6. The lowest BCUT2D eigenvalue weighted by molar-refractivity contribution is -0.136. The van der Waals surface area contributed by atoms with Gasteiger partial charge < -0.3 is 25.0 Å². The molecule has 0 aromatic heterocycles. The lowest BCUT2D eigenvalue weighted by Gasteiger charge is -2.31. The molecule has 3 rings (SSSR count). The fourth-order valence-electron chi connectivity index (χ4n) is 3.74. The number of piperidine rings is 1. The van der Waals surface area contributed by atoms with E-state index in [-0.39, 0.29) is 30.2 Å². The second-order valence-electron chi connectivity index (χ2n) is 7.97. The lowest BCUT2D eigenvalue weighted by Crippen LogP contribution is -2.43. The number of methoxy groups -OCH3 is 1. The number of hydrogen-bond donors (Lipinski definition) is 2. The molecule has 0 radical (unpaired) electrons. The average Bonchev–Trinajstić information content (AvgIpc) is 2.83. The molecule has 0 aliphatic carbocycles. The molecule has 0 saturated carbocycles. The monoisotopic (exact) mass is 453 g/mol. The van der Waals surface area contributed by atoms with Crippen molar-refractivity contribution in [1.82, 2.24) is 10.2 Å². The van der Waals surface area contributed by atoms with Crippen molar-refractivity contribution in [2.45, 2.75) is 25.8 Å². The van der Waals surface area contributed by atoms with Crippen LogP contribution in [-0.4, -0.2) is 56.0 Å². The highest BCUT2D eigenvalue weighted by Gasteiger charge is 2.27. The minimum absolute atomic E-state index is 0.0108. The maximum Gasteiger partial charge on any atom is 0.250 e. The van der Waals surface area contributed by atoms with Gasteiger partial charge in [-0.15, -0.1) is 0 Å². The largest absolute Gasteiger partial charge is 0.493 e. The Labute approximate surface area is 194 Å². The maximum absolute atomic E-state index is 12.6. The Balaban J connectivity index is 1.37. The summed E-state index contributed by atoms with van der Waals surface area (Å²) < 4.78 is 10.4. The number of rotatable bonds is 10. The van der Waals surface area contributed by atoms with Gasteiger partial charge >= 0.3 is 0 Å². The molecule has 1 aliphatic rings. The van der Waals surface area contributed by atoms with Crippen LogP contribution in [0.1, 0.15) is 24.8 Å². The van der Waals surface area contributed by atoms with Crippen LogP contribution in [0.4, 0.5) is 5.69 Å². The minimum atomic E-state index is -0.230. The lowest BCUT2D eigenvalue weighted by atomic mass is 9.95. The van der Waals surface area contributed by atoms with Gasteiger partial charge in [0.25, 0.3) is 0 Å². The Morgan fingerprint density at radius 2 is 1.79 bits per heavy atom. The van der Waals surface area contributed by atoms with Crippen LogP contribution >= 0.6 is 0 Å². The van der Waals surface area contributed by atoms with Crippen molar-refractivity contribution in [3.63, 3.8) is 0 Å². The summed E-state index contributed by atoms with van der Waals surface area (Å²) in [6.07, 6.45) is 1.61. The first-order valence-electron chi connectivity index (χ1n) is 11.2. The number of anilines is 1. The number of nitrogens with zero attached hydrogens (tertiary/aromatic N) is 1. The van der Waals surface area contributed by atoms with Crippen LogP contribution in [-0.2, 0) is 25.7 Å². The smallest absolute Gasteiger partial charge is 0.250 e. The molecule has 176 valence electrons. The standard InChI is InChI=1S/C25H31N3O5/c1-32-18-23(29)27-21-7-5-6-19(16-21)17-26-25(31)20-10-13-28(14-11-20)24(30)12-15-33-22-8-3-2-4-9-22/h2-9,16,20H,10-15,17-18H2,1H3,(H,26,31)(H,27,29). The van der Waals surface area contributed by atoms with Gasteiger partial charge in [0.1, 0.15) is 12.4 Å². The van der Waals surface area contributed by atoms with E-state index in [1.54, 1.807) is 6.07 Å². The highest BCUT2D eigenvalue weighted by molar-refractivity contribution is 5.91. The average molecular weight is 454 g/mol. The van der Waals surface area contributed by atoms with Crippen LogP contribution in [0.3, 0.4) is 0 Å². The molecular weight excluding hydrogens is 422 g/mol. The molecule has 1 fully saturated rings. The Kier molecular flexibility index (Phi) is 9.26. The molecule has 2 aromatic carbocycles. The number of carbonyl (C=O) groups is 3. The van der Waals surface area contributed by atoms with Crippen LogP contribution in [0.5, 0.6) is 5.75 Å². The molecule has 2 aromatic rings. The molecular formula is C25H31N3O5. The van der Waals surface area contributed by atoms with E-state index in [9.17, 15) is 14.4 Å². The van der Waals surface area contributed by atoms with Crippen molar-refractivity contribution in [1.29, 1.82) is 0 Å². The predicted molar refractivity (Wildman–Crippen MR) is 125 cm³/mol. The van der Waals surface area contributed by atoms with Gasteiger partial charge in [0.2, 0.25) is 17.7 Å². The van der Waals surface area contributed by atoms with Crippen molar-refractivity contribution >= 4 is 23.4 Å². The summed E-state index contributed by atoms with van der Waals surface area (Å²) in [7, 11) is 1.46. The summed E-state index contributed by atoms with van der Waals surface area (Å²) in [4.78, 5) is 38.5. The van der Waals surface area contributed by atoms with Crippen molar-refractivity contribution in [3.05, 3.63) is 60.2 Å². The summed E-state index contributed by atoms with van der Waals surface area (Å²) in [6, 6.07) is 16.8. The van der Waals surface area contributed by atoms with Crippen LogP contribution in [0.15, 0.2) is 54.6 Å². The zero-order valence-electron chi connectivity index (χ0n) is 18.9. The molecule has 0 spiro atoms. The van der Waals surface area contributed by atoms with E-state index in [0.717, 1.165) is 11.3 Å². The molecule has 8 heteroatoms. The number of amides is 3. The number of benzene rings is 2. The van der Waals surface area contributed by atoms with Gasteiger partial charge in [-0.2, -0.15) is 0 Å². The molecule has 33 heavy (non-hydrogen) atoms. The van der Waals surface area contributed by atoms with Crippen molar-refractivity contribution < 1.29 is 23.9 Å². The summed E-state index contributed by atoms with van der Waals surface area (Å²) >= 11 is 0. The number of likely N-dealkylation sites (tertiary alicyclic amines) is 1. The topological polar surface area (TPSA) is 97.0 Å². The number of carbonyl (C=O) groups excluding carboxylic acids is 3. The first-order valence-corrected chi connectivity index (χ1v) is 11.2. The van der Waals surface area contributed by atoms with Gasteiger partial charge in [0, 0.05) is 38.3 Å². The van der Waals surface area contributed by atoms with E-state index >= 15 is 0 Å². The number of nitrogens with one attached hydrogen (secondary N) is 2. The van der Waals surface area contributed by atoms with E-state index in [4.69, 9.17) is 9.47 Å².